The molecule has 1 N–H and O–H groups in total. The van der Waals surface area contributed by atoms with Crippen molar-refractivity contribution in [2.24, 2.45) is 0 Å². The molecule has 2 heterocycles. The van der Waals surface area contributed by atoms with Gasteiger partial charge in [-0.2, -0.15) is 5.10 Å². The Bertz CT molecular complexity index is 1220. The number of benzene rings is 2. The highest BCUT2D eigenvalue weighted by molar-refractivity contribution is 5.94. The molecule has 0 saturated carbocycles. The summed E-state index contributed by atoms with van der Waals surface area (Å²) in [6.07, 6.45) is 10.2. The van der Waals surface area contributed by atoms with Gasteiger partial charge < -0.3 is 9.88 Å². The van der Waals surface area contributed by atoms with Crippen molar-refractivity contribution in [1.29, 1.82) is 0 Å². The minimum Gasteiger partial charge on any atom is -0.345 e. The summed E-state index contributed by atoms with van der Waals surface area (Å²) in [5.41, 5.74) is 7.54. The number of fused-ring (bicyclic) bond motifs is 1. The molecule has 1 atom stereocenters. The van der Waals surface area contributed by atoms with Crippen LogP contribution in [0.1, 0.15) is 51.6 Å². The summed E-state index contributed by atoms with van der Waals surface area (Å²) in [6, 6.07) is 13.9. The van der Waals surface area contributed by atoms with Crippen LogP contribution in [0.2, 0.25) is 0 Å². The predicted molar refractivity (Wildman–Crippen MR) is 120 cm³/mol. The SMILES string of the molecule is Cc1cccc(-n2ncc3c2CCC[C@@H]3NC(=O)c2ccc(-n3ccnc3)cc2)c1C. The molecule has 0 saturated heterocycles. The monoisotopic (exact) mass is 411 g/mol. The maximum Gasteiger partial charge on any atom is 0.251 e. The summed E-state index contributed by atoms with van der Waals surface area (Å²) < 4.78 is 3.96. The molecular weight excluding hydrogens is 386 g/mol. The van der Waals surface area contributed by atoms with E-state index in [0.29, 0.717) is 5.56 Å². The molecule has 4 aromatic rings. The topological polar surface area (TPSA) is 64.7 Å². The number of hydrogen-bond donors (Lipinski definition) is 1. The quantitative estimate of drug-likeness (QED) is 0.538. The smallest absolute Gasteiger partial charge is 0.251 e. The lowest BCUT2D eigenvalue weighted by Gasteiger charge is -2.24. The van der Waals surface area contributed by atoms with E-state index in [9.17, 15) is 4.79 Å². The maximum absolute atomic E-state index is 12.9. The van der Waals surface area contributed by atoms with Crippen LogP contribution in [0.3, 0.4) is 0 Å². The highest BCUT2D eigenvalue weighted by Crippen LogP contribution is 2.32. The van der Waals surface area contributed by atoms with Crippen molar-refractivity contribution in [2.75, 3.05) is 0 Å². The van der Waals surface area contributed by atoms with E-state index >= 15 is 0 Å². The molecule has 2 aromatic carbocycles. The zero-order valence-corrected chi connectivity index (χ0v) is 17.7. The van der Waals surface area contributed by atoms with Gasteiger partial charge in [0, 0.05) is 34.9 Å². The van der Waals surface area contributed by atoms with Gasteiger partial charge >= 0.3 is 0 Å². The molecule has 1 amide bonds. The molecule has 0 unspecified atom stereocenters. The number of imidazole rings is 1. The van der Waals surface area contributed by atoms with Crippen molar-refractivity contribution in [3.05, 3.63) is 95.3 Å². The largest absolute Gasteiger partial charge is 0.345 e. The Morgan fingerprint density at radius 1 is 1.13 bits per heavy atom. The number of nitrogens with zero attached hydrogens (tertiary/aromatic N) is 4. The van der Waals surface area contributed by atoms with Gasteiger partial charge in [0.25, 0.3) is 5.91 Å². The average molecular weight is 412 g/mol. The fourth-order valence-electron chi connectivity index (χ4n) is 4.32. The summed E-state index contributed by atoms with van der Waals surface area (Å²) in [5.74, 6) is -0.0606. The number of hydrogen-bond acceptors (Lipinski definition) is 3. The summed E-state index contributed by atoms with van der Waals surface area (Å²) in [5, 5.41) is 7.92. The van der Waals surface area contributed by atoms with Crippen molar-refractivity contribution in [3.8, 4) is 11.4 Å². The molecule has 6 heteroatoms. The molecule has 0 fully saturated rings. The third-order valence-corrected chi connectivity index (χ3v) is 6.22. The predicted octanol–water partition coefficient (Wildman–Crippen LogP) is 4.48. The highest BCUT2D eigenvalue weighted by Gasteiger charge is 2.26. The van der Waals surface area contributed by atoms with Gasteiger partial charge in [-0.05, 0) is 74.6 Å². The lowest BCUT2D eigenvalue weighted by molar-refractivity contribution is 0.0932. The fourth-order valence-corrected chi connectivity index (χ4v) is 4.32. The van der Waals surface area contributed by atoms with Gasteiger partial charge in [0.2, 0.25) is 0 Å². The van der Waals surface area contributed by atoms with Crippen LogP contribution in [-0.4, -0.2) is 25.2 Å². The molecule has 0 spiro atoms. The van der Waals surface area contributed by atoms with Crippen LogP contribution in [0.25, 0.3) is 11.4 Å². The Labute approximate surface area is 181 Å². The first kappa shape index (κ1) is 19.3. The molecule has 0 bridgehead atoms. The molecule has 1 aliphatic rings. The number of nitrogens with one attached hydrogen (secondary N) is 1. The van der Waals surface area contributed by atoms with Gasteiger partial charge in [0.15, 0.2) is 0 Å². The molecule has 2 aromatic heterocycles. The number of carbonyl (C=O) groups excluding carboxylic acids is 1. The number of rotatable bonds is 4. The second-order valence-corrected chi connectivity index (χ2v) is 8.11. The van der Waals surface area contributed by atoms with E-state index < -0.39 is 0 Å². The van der Waals surface area contributed by atoms with E-state index in [1.54, 1.807) is 12.5 Å². The van der Waals surface area contributed by atoms with Crippen LogP contribution >= 0.6 is 0 Å². The van der Waals surface area contributed by atoms with Crippen LogP contribution in [0.5, 0.6) is 0 Å². The van der Waals surface area contributed by atoms with Gasteiger partial charge in [0.1, 0.15) is 0 Å². The molecule has 1 aliphatic carbocycles. The molecule has 31 heavy (non-hydrogen) atoms. The van der Waals surface area contributed by atoms with Crippen molar-refractivity contribution in [1.82, 2.24) is 24.6 Å². The van der Waals surface area contributed by atoms with Crippen molar-refractivity contribution >= 4 is 5.91 Å². The summed E-state index contributed by atoms with van der Waals surface area (Å²) in [6.45, 7) is 4.25. The second-order valence-electron chi connectivity index (χ2n) is 8.11. The average Bonchev–Trinajstić information content (AvgIpc) is 3.47. The number of aromatic nitrogens is 4. The lowest BCUT2D eigenvalue weighted by Crippen LogP contribution is -2.31. The van der Waals surface area contributed by atoms with E-state index in [-0.39, 0.29) is 11.9 Å². The van der Waals surface area contributed by atoms with E-state index in [1.807, 2.05) is 41.2 Å². The van der Waals surface area contributed by atoms with Crippen LogP contribution in [0, 0.1) is 13.8 Å². The van der Waals surface area contributed by atoms with Crippen LogP contribution in [0.4, 0.5) is 0 Å². The van der Waals surface area contributed by atoms with Gasteiger partial charge in [-0.25, -0.2) is 9.67 Å². The summed E-state index contributed by atoms with van der Waals surface area (Å²) in [4.78, 5) is 17.0. The standard InChI is InChI=1S/C25H25N5O/c1-17-5-3-7-23(18(17)2)30-24-8-4-6-22(21(24)15-27-30)28-25(31)19-9-11-20(12-10-19)29-14-13-26-16-29/h3,5,7,9-16,22H,4,6,8H2,1-2H3,(H,28,31)/t22-/m0/s1. The first-order chi connectivity index (χ1) is 15.1. The molecule has 0 radical (unpaired) electrons. The normalized spacial score (nSPS) is 15.5. The third-order valence-electron chi connectivity index (χ3n) is 6.22. The number of aryl methyl sites for hydroxylation is 1. The Morgan fingerprint density at radius 3 is 2.74 bits per heavy atom. The van der Waals surface area contributed by atoms with Crippen LogP contribution in [-0.2, 0) is 6.42 Å². The molecule has 6 nitrogen and oxygen atoms in total. The number of amides is 1. The third kappa shape index (κ3) is 3.54. The van der Waals surface area contributed by atoms with Crippen molar-refractivity contribution in [2.45, 2.75) is 39.2 Å². The van der Waals surface area contributed by atoms with Crippen LogP contribution in [0.15, 0.2) is 67.4 Å². The zero-order chi connectivity index (χ0) is 21.4. The van der Waals surface area contributed by atoms with E-state index in [1.165, 1.54) is 16.8 Å². The molecular formula is C25H25N5O. The van der Waals surface area contributed by atoms with Crippen LogP contribution < -0.4 is 5.32 Å². The minimum atomic E-state index is -0.0606. The summed E-state index contributed by atoms with van der Waals surface area (Å²) in [7, 11) is 0. The Kier molecular flexibility index (Phi) is 4.90. The van der Waals surface area contributed by atoms with Gasteiger partial charge in [-0.1, -0.05) is 12.1 Å². The molecule has 156 valence electrons. The van der Waals surface area contributed by atoms with E-state index in [4.69, 9.17) is 5.10 Å². The van der Waals surface area contributed by atoms with Gasteiger partial charge in [-0.15, -0.1) is 0 Å². The highest BCUT2D eigenvalue weighted by atomic mass is 16.1. The van der Waals surface area contributed by atoms with Crippen molar-refractivity contribution in [3.63, 3.8) is 0 Å². The summed E-state index contributed by atoms with van der Waals surface area (Å²) >= 11 is 0. The Balaban J connectivity index is 1.38. The first-order valence-electron chi connectivity index (χ1n) is 10.6. The molecule has 0 aliphatic heterocycles. The fraction of sp³-hybridized carbons (Fsp3) is 0.240. The number of carbonyl (C=O) groups is 1. The second kappa shape index (κ2) is 7.87. The van der Waals surface area contributed by atoms with E-state index in [0.717, 1.165) is 36.2 Å². The minimum absolute atomic E-state index is 0.0246. The first-order valence-corrected chi connectivity index (χ1v) is 10.6. The zero-order valence-electron chi connectivity index (χ0n) is 17.7. The van der Waals surface area contributed by atoms with Crippen molar-refractivity contribution < 1.29 is 4.79 Å². The van der Waals surface area contributed by atoms with Gasteiger partial charge in [-0.3, -0.25) is 4.79 Å². The molecule has 5 rings (SSSR count). The van der Waals surface area contributed by atoms with Gasteiger partial charge in [0.05, 0.1) is 24.3 Å². The Hall–Kier alpha value is -3.67. The maximum atomic E-state index is 12.9. The Morgan fingerprint density at radius 2 is 1.97 bits per heavy atom. The van der Waals surface area contributed by atoms with E-state index in [2.05, 4.69) is 47.0 Å². The lowest BCUT2D eigenvalue weighted by atomic mass is 9.92.